The number of nitrogens with zero attached hydrogens (tertiary/aromatic N) is 1. The van der Waals surface area contributed by atoms with Crippen LogP contribution in [0.3, 0.4) is 0 Å². The zero-order valence-electron chi connectivity index (χ0n) is 9.99. The Labute approximate surface area is 111 Å². The quantitative estimate of drug-likeness (QED) is 0.671. The summed E-state index contributed by atoms with van der Waals surface area (Å²) >= 11 is 3.45. The van der Waals surface area contributed by atoms with Crippen molar-refractivity contribution in [1.29, 1.82) is 0 Å². The van der Waals surface area contributed by atoms with Gasteiger partial charge in [0.2, 0.25) is 0 Å². The molecule has 0 spiro atoms. The Balaban J connectivity index is 1.74. The molecule has 0 aromatic heterocycles. The van der Waals surface area contributed by atoms with Gasteiger partial charge in [-0.15, -0.1) is 0 Å². The van der Waals surface area contributed by atoms with E-state index in [4.69, 9.17) is 10.5 Å². The predicted octanol–water partition coefficient (Wildman–Crippen LogP) is 2.90. The van der Waals surface area contributed by atoms with Crippen molar-refractivity contribution in [2.75, 3.05) is 32.0 Å². The van der Waals surface area contributed by atoms with E-state index >= 15 is 0 Å². The molecule has 0 unspecified atom stereocenters. The first-order valence-corrected chi connectivity index (χ1v) is 6.96. The summed E-state index contributed by atoms with van der Waals surface area (Å²) in [6.45, 7) is 4.35. The number of hydrogen-bond acceptors (Lipinski definition) is 3. The zero-order valence-corrected chi connectivity index (χ0v) is 11.6. The van der Waals surface area contributed by atoms with E-state index < -0.39 is 0 Å². The largest absolute Gasteiger partial charge is 0.490 e. The molecule has 2 rings (SSSR count). The molecule has 4 heteroatoms. The van der Waals surface area contributed by atoms with E-state index in [0.717, 1.165) is 29.8 Å². The smallest absolute Gasteiger partial charge is 0.156 e. The number of likely N-dealkylation sites (tertiary alicyclic amines) is 1. The Morgan fingerprint density at radius 2 is 2.06 bits per heavy atom. The van der Waals surface area contributed by atoms with Gasteiger partial charge in [-0.3, -0.25) is 0 Å². The number of rotatable bonds is 5. The highest BCUT2D eigenvalue weighted by Gasteiger charge is 2.11. The molecule has 1 aromatic carbocycles. The molecule has 0 aliphatic carbocycles. The van der Waals surface area contributed by atoms with E-state index in [1.165, 1.54) is 25.9 Å². The molecule has 1 saturated heterocycles. The molecule has 17 heavy (non-hydrogen) atoms. The zero-order chi connectivity index (χ0) is 12.1. The lowest BCUT2D eigenvalue weighted by atomic mass is 10.3. The van der Waals surface area contributed by atoms with E-state index in [9.17, 15) is 0 Å². The molecular formula is C13H19BrN2O. The lowest BCUT2D eigenvalue weighted by Crippen LogP contribution is -2.22. The van der Waals surface area contributed by atoms with Crippen molar-refractivity contribution in [2.45, 2.75) is 19.3 Å². The van der Waals surface area contributed by atoms with Gasteiger partial charge in [0, 0.05) is 6.54 Å². The monoisotopic (exact) mass is 298 g/mol. The molecule has 1 heterocycles. The van der Waals surface area contributed by atoms with Crippen LogP contribution in [0.25, 0.3) is 0 Å². The molecule has 94 valence electrons. The third-order valence-electron chi connectivity index (χ3n) is 3.06. The van der Waals surface area contributed by atoms with Crippen molar-refractivity contribution >= 4 is 21.6 Å². The number of anilines is 1. The SMILES string of the molecule is Nc1cccc(Br)c1OCCCN1CCCC1. The number of nitrogen functional groups attached to an aromatic ring is 1. The van der Waals surface area contributed by atoms with Crippen LogP contribution in [0.15, 0.2) is 22.7 Å². The summed E-state index contributed by atoms with van der Waals surface area (Å²) in [5.41, 5.74) is 6.56. The van der Waals surface area contributed by atoms with E-state index in [0.29, 0.717) is 5.69 Å². The van der Waals surface area contributed by atoms with Gasteiger partial charge in [-0.25, -0.2) is 0 Å². The second kappa shape index (κ2) is 6.26. The molecule has 1 aromatic rings. The summed E-state index contributed by atoms with van der Waals surface area (Å²) in [7, 11) is 0. The number of halogens is 1. The van der Waals surface area contributed by atoms with E-state index in [2.05, 4.69) is 20.8 Å². The van der Waals surface area contributed by atoms with Crippen LogP contribution in [0.5, 0.6) is 5.75 Å². The number of benzene rings is 1. The number of ether oxygens (including phenoxy) is 1. The number of para-hydroxylation sites is 1. The average molecular weight is 299 g/mol. The van der Waals surface area contributed by atoms with Crippen molar-refractivity contribution in [2.24, 2.45) is 0 Å². The standard InChI is InChI=1S/C13H19BrN2O/c14-11-5-3-6-12(15)13(11)17-10-4-9-16-7-1-2-8-16/h3,5-6H,1-2,4,7-10,15H2. The van der Waals surface area contributed by atoms with Crippen LogP contribution in [-0.4, -0.2) is 31.1 Å². The molecule has 0 bridgehead atoms. The molecule has 0 amide bonds. The molecule has 0 radical (unpaired) electrons. The van der Waals surface area contributed by atoms with Crippen LogP contribution in [0.2, 0.25) is 0 Å². The van der Waals surface area contributed by atoms with Crippen molar-refractivity contribution in [1.82, 2.24) is 4.90 Å². The van der Waals surface area contributed by atoms with Gasteiger partial charge in [-0.2, -0.15) is 0 Å². The van der Waals surface area contributed by atoms with Crippen LogP contribution in [-0.2, 0) is 0 Å². The van der Waals surface area contributed by atoms with Crippen LogP contribution in [0, 0.1) is 0 Å². The van der Waals surface area contributed by atoms with E-state index in [1.54, 1.807) is 0 Å². The van der Waals surface area contributed by atoms with Gasteiger partial charge in [-0.1, -0.05) is 6.07 Å². The highest BCUT2D eigenvalue weighted by Crippen LogP contribution is 2.30. The lowest BCUT2D eigenvalue weighted by Gasteiger charge is -2.15. The number of nitrogens with two attached hydrogens (primary N) is 1. The highest BCUT2D eigenvalue weighted by molar-refractivity contribution is 9.10. The molecule has 1 aliphatic heterocycles. The summed E-state index contributed by atoms with van der Waals surface area (Å²) in [5, 5.41) is 0. The van der Waals surface area contributed by atoms with Gasteiger partial charge >= 0.3 is 0 Å². The van der Waals surface area contributed by atoms with Gasteiger partial charge < -0.3 is 15.4 Å². The van der Waals surface area contributed by atoms with Crippen LogP contribution < -0.4 is 10.5 Å². The summed E-state index contributed by atoms with van der Waals surface area (Å²) in [4.78, 5) is 2.49. The van der Waals surface area contributed by atoms with Gasteiger partial charge in [0.1, 0.15) is 0 Å². The highest BCUT2D eigenvalue weighted by atomic mass is 79.9. The fraction of sp³-hybridized carbons (Fsp3) is 0.538. The molecule has 2 N–H and O–H groups in total. The first kappa shape index (κ1) is 12.7. The maximum absolute atomic E-state index is 5.86. The van der Waals surface area contributed by atoms with Crippen LogP contribution in [0.4, 0.5) is 5.69 Å². The Hall–Kier alpha value is -0.740. The second-order valence-electron chi connectivity index (χ2n) is 4.41. The predicted molar refractivity (Wildman–Crippen MR) is 74.3 cm³/mol. The van der Waals surface area contributed by atoms with Crippen molar-refractivity contribution < 1.29 is 4.74 Å². The van der Waals surface area contributed by atoms with Crippen LogP contribution >= 0.6 is 15.9 Å². The first-order chi connectivity index (χ1) is 8.27. The average Bonchev–Trinajstić information content (AvgIpc) is 2.80. The Bertz CT molecular complexity index is 344. The molecule has 1 fully saturated rings. The Morgan fingerprint density at radius 3 is 2.76 bits per heavy atom. The Kier molecular flexibility index (Phi) is 4.68. The fourth-order valence-corrected chi connectivity index (χ4v) is 2.64. The molecule has 1 aliphatic rings. The maximum Gasteiger partial charge on any atom is 0.156 e. The normalized spacial score (nSPS) is 16.3. The molecular weight excluding hydrogens is 280 g/mol. The van der Waals surface area contributed by atoms with E-state index in [1.807, 2.05) is 18.2 Å². The van der Waals surface area contributed by atoms with Crippen molar-refractivity contribution in [3.05, 3.63) is 22.7 Å². The third-order valence-corrected chi connectivity index (χ3v) is 3.69. The molecule has 0 saturated carbocycles. The summed E-state index contributed by atoms with van der Waals surface area (Å²) < 4.78 is 6.66. The minimum absolute atomic E-state index is 0.695. The summed E-state index contributed by atoms with van der Waals surface area (Å²) in [5.74, 6) is 0.772. The molecule has 3 nitrogen and oxygen atoms in total. The van der Waals surface area contributed by atoms with Gasteiger partial charge in [0.15, 0.2) is 5.75 Å². The third kappa shape index (κ3) is 3.61. The second-order valence-corrected chi connectivity index (χ2v) is 5.26. The summed E-state index contributed by atoms with van der Waals surface area (Å²) in [6.07, 6.45) is 3.75. The fourth-order valence-electron chi connectivity index (χ4n) is 2.15. The lowest BCUT2D eigenvalue weighted by molar-refractivity contribution is 0.263. The molecule has 0 atom stereocenters. The summed E-state index contributed by atoms with van der Waals surface area (Å²) in [6, 6.07) is 5.73. The topological polar surface area (TPSA) is 38.5 Å². The van der Waals surface area contributed by atoms with Crippen molar-refractivity contribution in [3.63, 3.8) is 0 Å². The minimum Gasteiger partial charge on any atom is -0.490 e. The van der Waals surface area contributed by atoms with Gasteiger partial charge in [0.05, 0.1) is 16.8 Å². The maximum atomic E-state index is 5.86. The minimum atomic E-state index is 0.695. The van der Waals surface area contributed by atoms with Crippen molar-refractivity contribution in [3.8, 4) is 5.75 Å². The number of hydrogen-bond donors (Lipinski definition) is 1. The Morgan fingerprint density at radius 1 is 1.29 bits per heavy atom. The van der Waals surface area contributed by atoms with E-state index in [-0.39, 0.29) is 0 Å². The van der Waals surface area contributed by atoms with Gasteiger partial charge in [-0.05, 0) is 60.4 Å². The first-order valence-electron chi connectivity index (χ1n) is 6.16. The van der Waals surface area contributed by atoms with Crippen LogP contribution in [0.1, 0.15) is 19.3 Å². The van der Waals surface area contributed by atoms with Gasteiger partial charge in [0.25, 0.3) is 0 Å².